The van der Waals surface area contributed by atoms with E-state index in [1.807, 2.05) is 13.8 Å². The molecule has 0 aromatic heterocycles. The summed E-state index contributed by atoms with van der Waals surface area (Å²) in [5, 5.41) is 9.34. The minimum absolute atomic E-state index is 0.131. The molecule has 0 fully saturated rings. The Hall–Kier alpha value is -1.91. The number of nitrogens with zero attached hydrogens (tertiary/aromatic N) is 1. The third kappa shape index (κ3) is 3.53. The average molecular weight is 267 g/mol. The van der Waals surface area contributed by atoms with Gasteiger partial charge < -0.3 is 14.8 Å². The Balaban J connectivity index is 3.21. The highest BCUT2D eigenvalue weighted by Gasteiger charge is 2.32. The summed E-state index contributed by atoms with van der Waals surface area (Å²) >= 11 is 0. The van der Waals surface area contributed by atoms with Gasteiger partial charge in [-0.1, -0.05) is 6.92 Å². The zero-order valence-corrected chi connectivity index (χ0v) is 11.2. The number of rotatable bonds is 6. The zero-order chi connectivity index (χ0) is 14.6. The van der Waals surface area contributed by atoms with Gasteiger partial charge in [-0.3, -0.25) is 0 Å². The largest absolute Gasteiger partial charge is 0.480 e. The summed E-state index contributed by atoms with van der Waals surface area (Å²) in [5.41, 5.74) is 0.581. The van der Waals surface area contributed by atoms with Crippen molar-refractivity contribution in [3.63, 3.8) is 0 Å². The van der Waals surface area contributed by atoms with Crippen LogP contribution in [0, 0.1) is 11.7 Å². The number of benzene rings is 1. The first-order valence-electron chi connectivity index (χ1n) is 6.10. The minimum atomic E-state index is -1.07. The molecule has 0 aliphatic heterocycles. The van der Waals surface area contributed by atoms with Crippen LogP contribution in [0.1, 0.15) is 20.8 Å². The Morgan fingerprint density at radius 2 is 1.79 bits per heavy atom. The van der Waals surface area contributed by atoms with E-state index in [0.29, 0.717) is 12.0 Å². The fourth-order valence-corrected chi connectivity index (χ4v) is 2.06. The summed E-state index contributed by atoms with van der Waals surface area (Å²) in [6.07, 6.45) is 0.623. The van der Waals surface area contributed by atoms with Gasteiger partial charge in [-0.2, -0.15) is 0 Å². The van der Waals surface area contributed by atoms with Crippen molar-refractivity contribution in [1.82, 2.24) is 0 Å². The maximum Gasteiger partial charge on any atom is 0.327 e. The third-order valence-corrected chi connectivity index (χ3v) is 2.95. The molecule has 2 unspecified atom stereocenters. The van der Waals surface area contributed by atoms with Gasteiger partial charge in [0.25, 0.3) is 0 Å². The average Bonchev–Trinajstić information content (AvgIpc) is 2.35. The first-order valence-corrected chi connectivity index (χ1v) is 6.10. The number of hydrogen-bond donors (Lipinski definition) is 1. The molecule has 0 aliphatic rings. The Morgan fingerprint density at radius 3 is 2.16 bits per heavy atom. The predicted molar refractivity (Wildman–Crippen MR) is 70.7 cm³/mol. The van der Waals surface area contributed by atoms with Crippen molar-refractivity contribution in [2.24, 2.45) is 5.92 Å². The van der Waals surface area contributed by atoms with Crippen molar-refractivity contribution in [1.29, 1.82) is 0 Å². The first kappa shape index (κ1) is 15.1. The number of hydrogen-bond acceptors (Lipinski definition) is 3. The van der Waals surface area contributed by atoms with Crippen LogP contribution in [0.25, 0.3) is 0 Å². The first-order chi connectivity index (χ1) is 8.88. The van der Waals surface area contributed by atoms with Crippen LogP contribution in [0.5, 0.6) is 0 Å². The van der Waals surface area contributed by atoms with Crippen molar-refractivity contribution < 1.29 is 19.1 Å². The summed E-state index contributed by atoms with van der Waals surface area (Å²) in [5.74, 6) is -2.12. The molecule has 2 atom stereocenters. The monoisotopic (exact) mass is 267 g/mol. The molecule has 1 N–H and O–H groups in total. The van der Waals surface area contributed by atoms with Gasteiger partial charge in [-0.25, -0.2) is 9.18 Å². The van der Waals surface area contributed by atoms with Gasteiger partial charge in [0, 0.05) is 17.6 Å². The van der Waals surface area contributed by atoms with Crippen molar-refractivity contribution >= 4 is 17.9 Å². The second-order valence-corrected chi connectivity index (χ2v) is 4.76. The lowest BCUT2D eigenvalue weighted by molar-refractivity contribution is -0.141. The highest BCUT2D eigenvalue weighted by Crippen LogP contribution is 2.24. The van der Waals surface area contributed by atoms with Gasteiger partial charge in [-0.05, 0) is 38.1 Å². The molecule has 1 aromatic carbocycles. The van der Waals surface area contributed by atoms with E-state index in [1.54, 1.807) is 11.8 Å². The molecule has 0 radical (unpaired) electrons. The van der Waals surface area contributed by atoms with Gasteiger partial charge in [0.2, 0.25) is 0 Å². The van der Waals surface area contributed by atoms with Crippen LogP contribution in [0.15, 0.2) is 24.3 Å². The smallest absolute Gasteiger partial charge is 0.327 e. The van der Waals surface area contributed by atoms with Crippen LogP contribution in [0.3, 0.4) is 0 Å². The number of carboxylic acid groups (broad SMARTS) is 1. The second-order valence-electron chi connectivity index (χ2n) is 4.76. The molecule has 0 bridgehead atoms. The Morgan fingerprint density at radius 1 is 1.26 bits per heavy atom. The molecule has 104 valence electrons. The van der Waals surface area contributed by atoms with Gasteiger partial charge in [-0.15, -0.1) is 0 Å². The van der Waals surface area contributed by atoms with Gasteiger partial charge in [0.15, 0.2) is 0 Å². The maximum absolute atomic E-state index is 12.9. The molecule has 0 amide bonds. The fraction of sp³-hybridized carbons (Fsp3) is 0.429. The number of anilines is 1. The van der Waals surface area contributed by atoms with Crippen molar-refractivity contribution in [2.75, 3.05) is 4.90 Å². The van der Waals surface area contributed by atoms with Crippen LogP contribution in [-0.4, -0.2) is 29.4 Å². The molecule has 0 spiro atoms. The highest BCUT2D eigenvalue weighted by atomic mass is 19.1. The molecule has 1 rings (SSSR count). The van der Waals surface area contributed by atoms with E-state index >= 15 is 0 Å². The van der Waals surface area contributed by atoms with Gasteiger partial charge >= 0.3 is 5.97 Å². The van der Waals surface area contributed by atoms with Crippen molar-refractivity contribution in [3.8, 4) is 0 Å². The number of aliphatic carboxylic acids is 1. The van der Waals surface area contributed by atoms with Crippen LogP contribution >= 0.6 is 0 Å². The van der Waals surface area contributed by atoms with E-state index in [4.69, 9.17) is 0 Å². The van der Waals surface area contributed by atoms with E-state index in [9.17, 15) is 19.1 Å². The lowest BCUT2D eigenvalue weighted by Gasteiger charge is -2.36. The van der Waals surface area contributed by atoms with E-state index in [0.717, 1.165) is 0 Å². The summed E-state index contributed by atoms with van der Waals surface area (Å²) in [4.78, 5) is 23.9. The van der Waals surface area contributed by atoms with Crippen LogP contribution in [-0.2, 0) is 9.59 Å². The Labute approximate surface area is 111 Å². The summed E-state index contributed by atoms with van der Waals surface area (Å²) in [7, 11) is 0. The summed E-state index contributed by atoms with van der Waals surface area (Å²) in [6.45, 7) is 5.22. The number of carbonyl (C=O) groups excluding carboxylic acids is 1. The SMILES string of the molecule is CC(C=O)C(C(=O)O)N(c1ccc(F)cc1)C(C)C. The maximum atomic E-state index is 12.9. The molecule has 4 nitrogen and oxygen atoms in total. The molecule has 0 saturated carbocycles. The normalized spacial score (nSPS) is 13.9. The van der Waals surface area contributed by atoms with Crippen LogP contribution in [0.2, 0.25) is 0 Å². The molecule has 5 heteroatoms. The Bertz CT molecular complexity index is 445. The fourth-order valence-electron chi connectivity index (χ4n) is 2.06. The van der Waals surface area contributed by atoms with E-state index in [-0.39, 0.29) is 11.9 Å². The van der Waals surface area contributed by atoms with E-state index in [1.165, 1.54) is 24.3 Å². The molecule has 1 aromatic rings. The minimum Gasteiger partial charge on any atom is -0.480 e. The number of halogens is 1. The van der Waals surface area contributed by atoms with Crippen molar-refractivity contribution in [3.05, 3.63) is 30.1 Å². The summed E-state index contributed by atoms with van der Waals surface area (Å²) in [6, 6.07) is 4.48. The quantitative estimate of drug-likeness (QED) is 0.804. The second kappa shape index (κ2) is 6.31. The lowest BCUT2D eigenvalue weighted by Crippen LogP contribution is -2.49. The summed E-state index contributed by atoms with van der Waals surface area (Å²) < 4.78 is 12.9. The number of aldehydes is 1. The van der Waals surface area contributed by atoms with Crippen LogP contribution in [0.4, 0.5) is 10.1 Å². The van der Waals surface area contributed by atoms with E-state index in [2.05, 4.69) is 0 Å². The molecule has 0 heterocycles. The van der Waals surface area contributed by atoms with E-state index < -0.39 is 17.9 Å². The number of carbonyl (C=O) groups is 2. The zero-order valence-electron chi connectivity index (χ0n) is 11.2. The topological polar surface area (TPSA) is 57.6 Å². The molecule has 19 heavy (non-hydrogen) atoms. The predicted octanol–water partition coefficient (Wildman–Crippen LogP) is 2.33. The third-order valence-electron chi connectivity index (χ3n) is 2.95. The highest BCUT2D eigenvalue weighted by molar-refractivity contribution is 5.82. The Kier molecular flexibility index (Phi) is 5.03. The lowest BCUT2D eigenvalue weighted by atomic mass is 9.99. The number of carboxylic acids is 1. The van der Waals surface area contributed by atoms with Crippen molar-refractivity contribution in [2.45, 2.75) is 32.9 Å². The molecular weight excluding hydrogens is 249 g/mol. The molecule has 0 saturated heterocycles. The standard InChI is InChI=1S/C14H18FNO3/c1-9(2)16(12-6-4-11(15)5-7-12)13(14(18)19)10(3)8-17/h4-10,13H,1-3H3,(H,18,19). The molecular formula is C14H18FNO3. The van der Waals surface area contributed by atoms with Gasteiger partial charge in [0.1, 0.15) is 18.1 Å². The van der Waals surface area contributed by atoms with Crippen LogP contribution < -0.4 is 4.90 Å². The van der Waals surface area contributed by atoms with Gasteiger partial charge in [0.05, 0.1) is 0 Å². The molecule has 0 aliphatic carbocycles.